The molecule has 0 radical (unpaired) electrons. The third-order valence-electron chi connectivity index (χ3n) is 8.37. The predicted octanol–water partition coefficient (Wildman–Crippen LogP) is 2.41. The van der Waals surface area contributed by atoms with Crippen LogP contribution in [0.15, 0.2) is 60.7 Å². The van der Waals surface area contributed by atoms with Crippen molar-refractivity contribution in [1.82, 2.24) is 21.3 Å². The molecule has 0 aromatic heterocycles. The minimum atomic E-state index is -1.84. The maximum atomic E-state index is 14.2. The molecule has 2 heterocycles. The van der Waals surface area contributed by atoms with E-state index >= 15 is 0 Å². The molecule has 4 bridgehead atoms. The van der Waals surface area contributed by atoms with Gasteiger partial charge >= 0.3 is 11.7 Å². The topological polar surface area (TPSA) is 262 Å². The molecule has 0 spiro atoms. The second-order valence-electron chi connectivity index (χ2n) is 13.0. The molecule has 0 saturated heterocycles. The molecular formula is C36H43ClN6O11. The Balaban J connectivity index is 0.00000784. The maximum absolute atomic E-state index is 14.2. The minimum absolute atomic E-state index is 0. The van der Waals surface area contributed by atoms with Gasteiger partial charge in [-0.1, -0.05) is 50.2 Å². The highest BCUT2D eigenvalue weighted by Crippen LogP contribution is 2.44. The Hall–Kier alpha value is -5.94. The van der Waals surface area contributed by atoms with Gasteiger partial charge in [-0.25, -0.2) is 4.79 Å². The van der Waals surface area contributed by atoms with Crippen molar-refractivity contribution in [2.75, 3.05) is 7.11 Å². The van der Waals surface area contributed by atoms with Gasteiger partial charge in [-0.15, -0.1) is 12.4 Å². The third kappa shape index (κ3) is 10.8. The largest absolute Gasteiger partial charge is 0.504 e. The van der Waals surface area contributed by atoms with Crippen LogP contribution in [0.5, 0.6) is 23.0 Å². The number of carboxylic acids is 1. The number of aromatic hydroxyl groups is 1. The van der Waals surface area contributed by atoms with Gasteiger partial charge in [0.2, 0.25) is 35.1 Å². The van der Waals surface area contributed by atoms with Gasteiger partial charge in [0.25, 0.3) is 0 Å². The number of amides is 4. The highest BCUT2D eigenvalue weighted by Gasteiger charge is 2.37. The molecule has 5 rings (SSSR count). The zero-order valence-electron chi connectivity index (χ0n) is 29.9. The second-order valence-corrected chi connectivity index (χ2v) is 13.0. The van der Waals surface area contributed by atoms with Crippen molar-refractivity contribution in [3.05, 3.63) is 87.5 Å². The summed E-state index contributed by atoms with van der Waals surface area (Å²) in [7, 11) is 1.19. The van der Waals surface area contributed by atoms with Crippen molar-refractivity contribution in [1.29, 1.82) is 0 Å². The molecule has 2 aliphatic heterocycles. The van der Waals surface area contributed by atoms with E-state index in [1.165, 1.54) is 25.3 Å². The summed E-state index contributed by atoms with van der Waals surface area (Å²) in [5, 5.41) is 43.7. The number of fused-ring (bicyclic) bond motifs is 9. The molecule has 54 heavy (non-hydrogen) atoms. The fraction of sp³-hybridized carbons (Fsp3) is 0.361. The Morgan fingerprint density at radius 3 is 2.33 bits per heavy atom. The number of hydrogen-bond donors (Lipinski definition) is 7. The summed E-state index contributed by atoms with van der Waals surface area (Å²) < 4.78 is 11.2. The first-order valence-electron chi connectivity index (χ1n) is 16.6. The van der Waals surface area contributed by atoms with Crippen molar-refractivity contribution in [3.63, 3.8) is 0 Å². The molecule has 18 heteroatoms. The zero-order chi connectivity index (χ0) is 39.0. The number of carbonyl (C=O) groups is 5. The van der Waals surface area contributed by atoms with Crippen LogP contribution in [0.25, 0.3) is 0 Å². The first-order chi connectivity index (χ1) is 25.1. The van der Waals surface area contributed by atoms with E-state index in [9.17, 15) is 44.3 Å². The average molecular weight is 771 g/mol. The molecule has 17 nitrogen and oxygen atoms in total. The first-order valence-corrected chi connectivity index (χ1v) is 16.6. The summed E-state index contributed by atoms with van der Waals surface area (Å²) in [5.74, 6) is -6.21. The number of methoxy groups -OCH3 is 1. The number of halogens is 1. The molecule has 5 atom stereocenters. The lowest BCUT2D eigenvalue weighted by atomic mass is 9.96. The molecular weight excluding hydrogens is 728 g/mol. The summed E-state index contributed by atoms with van der Waals surface area (Å²) in [4.78, 5) is 77.9. The van der Waals surface area contributed by atoms with Gasteiger partial charge in [-0.3, -0.25) is 29.3 Å². The van der Waals surface area contributed by atoms with E-state index in [1.54, 1.807) is 30.3 Å². The van der Waals surface area contributed by atoms with Gasteiger partial charge in [-0.2, -0.15) is 0 Å². The number of nitrogens with one attached hydrogen (secondary N) is 4. The Bertz CT molecular complexity index is 1880. The van der Waals surface area contributed by atoms with Gasteiger partial charge in [-0.05, 0) is 47.2 Å². The number of carboxylic acid groups (broad SMARTS) is 1. The summed E-state index contributed by atoms with van der Waals surface area (Å²) in [6.07, 6.45) is -0.103. The van der Waals surface area contributed by atoms with Gasteiger partial charge in [0.05, 0.1) is 24.1 Å². The second kappa shape index (κ2) is 18.7. The number of benzene rings is 3. The van der Waals surface area contributed by atoms with Gasteiger partial charge < -0.3 is 46.7 Å². The third-order valence-corrected chi connectivity index (χ3v) is 8.37. The molecule has 0 saturated carbocycles. The lowest BCUT2D eigenvalue weighted by molar-refractivity contribution is -0.385. The number of ether oxygens (including phenoxy) is 2. The van der Waals surface area contributed by atoms with E-state index in [1.807, 2.05) is 13.8 Å². The standard InChI is InChI=1S/C36H42N6O11.ClH/c1-18(2)12-23(37)33(45)39-25-14-21-10-11-28(26(15-21)42(50)51)53-29-17-22(16-27(44)32(29)52-4)30(31(36(48)49)38-19(3)43)41-35(47)24(40-34(25)46)13-20-8-6-5-7-9-20;/h5-11,15-18,23-25,30-31,44H,12-14,37H2,1-4H3,(H,38,43)(H,39,45)(H,40,46)(H,41,47)(H,48,49);1H/t23-,24+,25-,30?,31-;/m1./s1. The molecule has 1 unspecified atom stereocenters. The first kappa shape index (κ1) is 42.5. The highest BCUT2D eigenvalue weighted by molar-refractivity contribution is 5.94. The van der Waals surface area contributed by atoms with Gasteiger partial charge in [0, 0.05) is 25.8 Å². The minimum Gasteiger partial charge on any atom is -0.504 e. The molecule has 8 N–H and O–H groups in total. The fourth-order valence-corrected chi connectivity index (χ4v) is 5.90. The summed E-state index contributed by atoms with van der Waals surface area (Å²) in [6, 6.07) is 7.38. The van der Waals surface area contributed by atoms with E-state index in [2.05, 4.69) is 21.3 Å². The molecule has 3 aromatic carbocycles. The molecule has 2 aliphatic rings. The zero-order valence-corrected chi connectivity index (χ0v) is 30.7. The van der Waals surface area contributed by atoms with Gasteiger partial charge in [0.15, 0.2) is 17.5 Å². The van der Waals surface area contributed by atoms with E-state index in [0.29, 0.717) is 5.56 Å². The number of aliphatic carboxylic acids is 1. The number of nitrogens with two attached hydrogens (primary N) is 1. The SMILES string of the molecule is COc1c(O)cc2cc1Oc1ccc(cc1[N+](=O)[O-])C[C@@H](NC(=O)[C@H](N)CC(C)C)C(=O)N[C@@H](Cc1ccccc1)C(=O)NC2[C@@H](NC(C)=O)C(=O)O.Cl. The van der Waals surface area contributed by atoms with Crippen molar-refractivity contribution < 1.29 is 48.6 Å². The Labute approximate surface area is 316 Å². The monoisotopic (exact) mass is 770 g/mol. The average Bonchev–Trinajstić information content (AvgIpc) is 3.08. The number of nitro groups is 1. The molecule has 3 aromatic rings. The van der Waals surface area contributed by atoms with Gasteiger partial charge in [0.1, 0.15) is 12.1 Å². The van der Waals surface area contributed by atoms with Crippen molar-refractivity contribution in [2.45, 2.75) is 70.2 Å². The van der Waals surface area contributed by atoms with E-state index in [-0.39, 0.29) is 66.0 Å². The maximum Gasteiger partial charge on any atom is 0.328 e. The van der Waals surface area contributed by atoms with Crippen LogP contribution in [0.2, 0.25) is 0 Å². The number of phenols is 1. The van der Waals surface area contributed by atoms with Crippen LogP contribution in [0.1, 0.15) is 49.9 Å². The number of hydrogen-bond acceptors (Lipinski definition) is 11. The summed E-state index contributed by atoms with van der Waals surface area (Å²) in [5.41, 5.74) is 6.28. The molecule has 0 fully saturated rings. The van der Waals surface area contributed by atoms with Crippen molar-refractivity contribution >= 4 is 47.7 Å². The van der Waals surface area contributed by atoms with Crippen LogP contribution in [0.4, 0.5) is 5.69 Å². The number of rotatable bonds is 11. The number of carbonyl (C=O) groups excluding carboxylic acids is 4. The van der Waals surface area contributed by atoms with Crippen LogP contribution in [0.3, 0.4) is 0 Å². The van der Waals surface area contributed by atoms with E-state index in [0.717, 1.165) is 19.1 Å². The fourth-order valence-electron chi connectivity index (χ4n) is 5.90. The molecule has 290 valence electrons. The smallest absolute Gasteiger partial charge is 0.328 e. The molecule has 0 aliphatic carbocycles. The quantitative estimate of drug-likeness (QED) is 0.110. The van der Waals surface area contributed by atoms with Crippen LogP contribution in [-0.4, -0.2) is 76.0 Å². The lowest BCUT2D eigenvalue weighted by Crippen LogP contribution is -2.58. The Kier molecular flexibility index (Phi) is 14.7. The van der Waals surface area contributed by atoms with Crippen molar-refractivity contribution in [2.24, 2.45) is 11.7 Å². The van der Waals surface area contributed by atoms with Crippen LogP contribution in [-0.2, 0) is 36.8 Å². The number of nitrogens with zero attached hydrogens (tertiary/aromatic N) is 1. The lowest BCUT2D eigenvalue weighted by Gasteiger charge is -2.30. The highest BCUT2D eigenvalue weighted by atomic mass is 35.5. The van der Waals surface area contributed by atoms with E-state index < -0.39 is 76.2 Å². The van der Waals surface area contributed by atoms with E-state index in [4.69, 9.17) is 15.2 Å². The van der Waals surface area contributed by atoms with Crippen LogP contribution in [0, 0.1) is 16.0 Å². The summed E-state index contributed by atoms with van der Waals surface area (Å²) in [6.45, 7) is 4.79. The normalized spacial score (nSPS) is 18.1. The Morgan fingerprint density at radius 2 is 1.74 bits per heavy atom. The Morgan fingerprint density at radius 1 is 1.06 bits per heavy atom. The number of phenolic OH excluding ortho intramolecular Hbond substituents is 1. The number of nitro benzene ring substituents is 1. The summed E-state index contributed by atoms with van der Waals surface area (Å²) >= 11 is 0. The van der Waals surface area contributed by atoms with Crippen LogP contribution < -0.4 is 36.5 Å². The van der Waals surface area contributed by atoms with Crippen LogP contribution >= 0.6 is 12.4 Å². The molecule has 4 amide bonds. The van der Waals surface area contributed by atoms with Crippen molar-refractivity contribution in [3.8, 4) is 23.0 Å². The predicted molar refractivity (Wildman–Crippen MR) is 196 cm³/mol.